The van der Waals surface area contributed by atoms with Crippen LogP contribution in [0.5, 0.6) is 5.75 Å². The molecule has 1 heterocycles. The summed E-state index contributed by atoms with van der Waals surface area (Å²) in [6.07, 6.45) is 3.23. The second kappa shape index (κ2) is 12.4. The van der Waals surface area contributed by atoms with Crippen LogP contribution >= 0.6 is 47.2 Å². The Morgan fingerprint density at radius 1 is 0.972 bits per heavy atom. The van der Waals surface area contributed by atoms with Crippen molar-refractivity contribution in [1.82, 2.24) is 9.55 Å². The van der Waals surface area contributed by atoms with Gasteiger partial charge < -0.3 is 19.9 Å². The molecule has 0 fully saturated rings. The van der Waals surface area contributed by atoms with Gasteiger partial charge in [-0.05, 0) is 60.0 Å². The maximum atomic E-state index is 12.5. The van der Waals surface area contributed by atoms with E-state index in [9.17, 15) is 4.79 Å². The van der Waals surface area contributed by atoms with E-state index in [2.05, 4.69) is 15.6 Å². The van der Waals surface area contributed by atoms with Gasteiger partial charge in [-0.3, -0.25) is 0 Å². The monoisotopic (exact) mass is 564 g/mol. The summed E-state index contributed by atoms with van der Waals surface area (Å²) in [5.74, 6) is 1.44. The lowest BCUT2D eigenvalue weighted by atomic mass is 10.1. The Bertz CT molecular complexity index is 1340. The van der Waals surface area contributed by atoms with E-state index < -0.39 is 6.03 Å². The number of aromatic nitrogens is 2. The highest BCUT2D eigenvalue weighted by Gasteiger charge is 2.13. The molecule has 6 nitrogen and oxygen atoms in total. The van der Waals surface area contributed by atoms with Gasteiger partial charge in [0.2, 0.25) is 0 Å². The molecule has 36 heavy (non-hydrogen) atoms. The molecule has 2 amide bonds. The van der Waals surface area contributed by atoms with Crippen LogP contribution in [0.3, 0.4) is 0 Å². The minimum absolute atomic E-state index is 0. The molecule has 4 rings (SSSR count). The first-order valence-corrected chi connectivity index (χ1v) is 11.9. The molecule has 0 spiro atoms. The number of hydrogen-bond donors (Lipinski definition) is 2. The predicted molar refractivity (Wildman–Crippen MR) is 150 cm³/mol. The lowest BCUT2D eigenvalue weighted by molar-refractivity contribution is 0.262. The maximum Gasteiger partial charge on any atom is 0.323 e. The average Bonchev–Trinajstić information content (AvgIpc) is 3.19. The van der Waals surface area contributed by atoms with E-state index in [4.69, 9.17) is 39.5 Å². The zero-order valence-corrected chi connectivity index (χ0v) is 22.6. The van der Waals surface area contributed by atoms with Crippen LogP contribution in [-0.2, 0) is 19.9 Å². The first-order valence-electron chi connectivity index (χ1n) is 10.8. The Kier molecular flexibility index (Phi) is 9.51. The van der Waals surface area contributed by atoms with Crippen molar-refractivity contribution in [2.24, 2.45) is 7.05 Å². The van der Waals surface area contributed by atoms with Crippen LogP contribution in [0.15, 0.2) is 66.9 Å². The molecular weight excluding hydrogens is 542 g/mol. The van der Waals surface area contributed by atoms with Crippen molar-refractivity contribution in [3.05, 3.63) is 93.3 Å². The molecule has 1 aromatic heterocycles. The summed E-state index contributed by atoms with van der Waals surface area (Å²) in [6, 6.07) is 17.7. The SMILES string of the molecule is COc1ccc(Cl)cc1NC(=O)Nc1ccc(-c2cnc(CCc3c(Cl)cccc3Cl)n2C)cc1.Cl. The number of nitrogens with one attached hydrogen (secondary N) is 2. The number of hydrogen-bond acceptors (Lipinski definition) is 3. The number of carbonyl (C=O) groups is 1. The smallest absolute Gasteiger partial charge is 0.323 e. The molecule has 2 N–H and O–H groups in total. The van der Waals surface area contributed by atoms with Crippen molar-refractivity contribution >= 4 is 64.6 Å². The van der Waals surface area contributed by atoms with Crippen LogP contribution < -0.4 is 15.4 Å². The number of urea groups is 1. The normalized spacial score (nSPS) is 10.5. The fourth-order valence-corrected chi connectivity index (χ4v) is 4.50. The highest BCUT2D eigenvalue weighted by atomic mass is 35.5. The van der Waals surface area contributed by atoms with Gasteiger partial charge in [0, 0.05) is 34.2 Å². The first-order chi connectivity index (χ1) is 16.9. The first kappa shape index (κ1) is 27.7. The van der Waals surface area contributed by atoms with E-state index in [-0.39, 0.29) is 12.4 Å². The Morgan fingerprint density at radius 3 is 2.33 bits per heavy atom. The molecule has 0 saturated carbocycles. The highest BCUT2D eigenvalue weighted by Crippen LogP contribution is 2.29. The van der Waals surface area contributed by atoms with Crippen LogP contribution in [0.25, 0.3) is 11.3 Å². The number of rotatable bonds is 7. The lowest BCUT2D eigenvalue weighted by Gasteiger charge is -2.12. The largest absolute Gasteiger partial charge is 0.495 e. The molecule has 0 saturated heterocycles. The number of aryl methyl sites for hydroxylation is 1. The van der Waals surface area contributed by atoms with E-state index in [1.54, 1.807) is 18.2 Å². The summed E-state index contributed by atoms with van der Waals surface area (Å²) in [5.41, 5.74) is 3.98. The molecule has 0 aliphatic rings. The van der Waals surface area contributed by atoms with Crippen molar-refractivity contribution in [3.63, 3.8) is 0 Å². The summed E-state index contributed by atoms with van der Waals surface area (Å²) in [5, 5.41) is 7.38. The molecule has 0 aliphatic heterocycles. The van der Waals surface area contributed by atoms with Gasteiger partial charge in [0.05, 0.1) is 24.7 Å². The fourth-order valence-electron chi connectivity index (χ4n) is 3.74. The summed E-state index contributed by atoms with van der Waals surface area (Å²) >= 11 is 18.6. The number of benzene rings is 3. The molecule has 188 valence electrons. The Morgan fingerprint density at radius 2 is 1.67 bits per heavy atom. The van der Waals surface area contributed by atoms with Crippen LogP contribution in [-0.4, -0.2) is 22.7 Å². The van der Waals surface area contributed by atoms with Crippen molar-refractivity contribution in [2.75, 3.05) is 17.7 Å². The van der Waals surface area contributed by atoms with E-state index in [1.165, 1.54) is 7.11 Å². The second-order valence-electron chi connectivity index (χ2n) is 7.82. The fraction of sp³-hybridized carbons (Fsp3) is 0.154. The number of imidazole rings is 1. The minimum atomic E-state index is -0.403. The van der Waals surface area contributed by atoms with E-state index in [0.29, 0.717) is 45.0 Å². The average molecular weight is 566 g/mol. The van der Waals surface area contributed by atoms with Gasteiger partial charge in [0.15, 0.2) is 0 Å². The number of ether oxygens (including phenoxy) is 1. The van der Waals surface area contributed by atoms with E-state index in [0.717, 1.165) is 22.6 Å². The Labute approximate surface area is 231 Å². The Hall–Kier alpha value is -2.90. The zero-order chi connectivity index (χ0) is 24.9. The van der Waals surface area contributed by atoms with Gasteiger partial charge in [0.1, 0.15) is 11.6 Å². The van der Waals surface area contributed by atoms with Crippen LogP contribution in [0.2, 0.25) is 15.1 Å². The van der Waals surface area contributed by atoms with Crippen molar-refractivity contribution in [3.8, 4) is 17.0 Å². The van der Waals surface area contributed by atoms with Gasteiger partial charge in [-0.25, -0.2) is 9.78 Å². The van der Waals surface area contributed by atoms with E-state index >= 15 is 0 Å². The third kappa shape index (κ3) is 6.45. The molecule has 4 aromatic rings. The number of anilines is 2. The summed E-state index contributed by atoms with van der Waals surface area (Å²) < 4.78 is 7.31. The van der Waals surface area contributed by atoms with Gasteiger partial charge in [0.25, 0.3) is 0 Å². The lowest BCUT2D eigenvalue weighted by Crippen LogP contribution is -2.19. The number of amides is 2. The minimum Gasteiger partial charge on any atom is -0.495 e. The second-order valence-corrected chi connectivity index (χ2v) is 9.07. The standard InChI is InChI=1S/C26H23Cl3N4O2.ClH/c1-33-23(15-30-25(33)13-11-19-20(28)4-3-5-21(19)29)16-6-9-18(10-7-16)31-26(34)32-22-14-17(27)8-12-24(22)35-2;/h3-10,12,14-15H,11,13H2,1-2H3,(H2,31,32,34);1H. The number of carbonyl (C=O) groups excluding carboxylic acids is 1. The molecule has 0 unspecified atom stereocenters. The van der Waals surface area contributed by atoms with Crippen LogP contribution in [0.1, 0.15) is 11.4 Å². The van der Waals surface area contributed by atoms with Crippen molar-refractivity contribution in [2.45, 2.75) is 12.8 Å². The summed E-state index contributed by atoms with van der Waals surface area (Å²) in [7, 11) is 3.50. The molecule has 0 aliphatic carbocycles. The predicted octanol–water partition coefficient (Wildman–Crippen LogP) is 7.91. The molecule has 3 aromatic carbocycles. The van der Waals surface area contributed by atoms with Gasteiger partial charge in [-0.2, -0.15) is 0 Å². The number of nitrogens with zero attached hydrogens (tertiary/aromatic N) is 2. The number of methoxy groups -OCH3 is 1. The third-order valence-electron chi connectivity index (χ3n) is 5.59. The van der Waals surface area contributed by atoms with Crippen molar-refractivity contribution < 1.29 is 9.53 Å². The quantitative estimate of drug-likeness (QED) is 0.239. The number of halogens is 4. The Balaban J connectivity index is 0.00000361. The van der Waals surface area contributed by atoms with Crippen LogP contribution in [0.4, 0.5) is 16.2 Å². The topological polar surface area (TPSA) is 68.2 Å². The zero-order valence-electron chi connectivity index (χ0n) is 19.5. The van der Waals surface area contributed by atoms with Crippen LogP contribution in [0, 0.1) is 0 Å². The van der Waals surface area contributed by atoms with E-state index in [1.807, 2.05) is 60.3 Å². The summed E-state index contributed by atoms with van der Waals surface area (Å²) in [4.78, 5) is 17.0. The molecule has 10 heteroatoms. The third-order valence-corrected chi connectivity index (χ3v) is 6.54. The van der Waals surface area contributed by atoms with Gasteiger partial charge >= 0.3 is 6.03 Å². The maximum absolute atomic E-state index is 12.5. The highest BCUT2D eigenvalue weighted by molar-refractivity contribution is 6.36. The van der Waals surface area contributed by atoms with Gasteiger partial charge in [-0.1, -0.05) is 53.0 Å². The summed E-state index contributed by atoms with van der Waals surface area (Å²) in [6.45, 7) is 0. The van der Waals surface area contributed by atoms with Gasteiger partial charge in [-0.15, -0.1) is 12.4 Å². The molecule has 0 radical (unpaired) electrons. The van der Waals surface area contributed by atoms with Crippen molar-refractivity contribution in [1.29, 1.82) is 0 Å². The molecule has 0 atom stereocenters. The molecule has 0 bridgehead atoms. The molecular formula is C26H24Cl4N4O2.